The Morgan fingerprint density at radius 3 is 2.43 bits per heavy atom. The lowest BCUT2D eigenvalue weighted by molar-refractivity contribution is -0.152. The zero-order valence-electron chi connectivity index (χ0n) is 17.1. The van der Waals surface area contributed by atoms with Crippen LogP contribution in [-0.4, -0.2) is 66.3 Å². The molecule has 0 radical (unpaired) electrons. The fourth-order valence-electron chi connectivity index (χ4n) is 4.00. The van der Waals surface area contributed by atoms with Crippen molar-refractivity contribution in [3.8, 4) is 5.75 Å². The number of ether oxygens (including phenoxy) is 1. The number of methoxy groups -OCH3 is 1. The van der Waals surface area contributed by atoms with Crippen molar-refractivity contribution in [3.05, 3.63) is 65.2 Å². The van der Waals surface area contributed by atoms with Crippen LogP contribution >= 0.6 is 0 Å². The van der Waals surface area contributed by atoms with Crippen LogP contribution in [0.15, 0.2) is 48.5 Å². The number of carbonyl (C=O) groups excluding carboxylic acids is 3. The highest BCUT2D eigenvalue weighted by Crippen LogP contribution is 2.21. The summed E-state index contributed by atoms with van der Waals surface area (Å²) in [4.78, 5) is 41.8. The molecule has 2 aliphatic rings. The molecule has 0 bridgehead atoms. The third-order valence-corrected chi connectivity index (χ3v) is 5.77. The van der Waals surface area contributed by atoms with Gasteiger partial charge in [-0.3, -0.25) is 14.4 Å². The second-order valence-corrected chi connectivity index (χ2v) is 7.78. The molecule has 2 aromatic rings. The van der Waals surface area contributed by atoms with Crippen LogP contribution in [-0.2, 0) is 16.0 Å². The molecule has 2 heterocycles. The second kappa shape index (κ2) is 8.18. The van der Waals surface area contributed by atoms with Crippen molar-refractivity contribution in [2.45, 2.75) is 25.4 Å². The Bertz CT molecular complexity index is 955. The molecule has 2 aromatic carbocycles. The predicted molar refractivity (Wildman–Crippen MR) is 111 cm³/mol. The van der Waals surface area contributed by atoms with E-state index < -0.39 is 12.1 Å². The topological polar surface area (TPSA) is 79.0 Å². The molecule has 1 N–H and O–H groups in total. The van der Waals surface area contributed by atoms with Gasteiger partial charge in [-0.2, -0.15) is 0 Å². The van der Waals surface area contributed by atoms with Crippen molar-refractivity contribution in [3.63, 3.8) is 0 Å². The minimum Gasteiger partial charge on any atom is -0.497 e. The lowest BCUT2D eigenvalue weighted by Gasteiger charge is -2.45. The molecule has 7 heteroatoms. The summed E-state index contributed by atoms with van der Waals surface area (Å²) in [5.74, 6) is 0.315. The second-order valence-electron chi connectivity index (χ2n) is 7.78. The van der Waals surface area contributed by atoms with E-state index in [1.165, 1.54) is 0 Å². The van der Waals surface area contributed by atoms with Gasteiger partial charge in [-0.1, -0.05) is 29.8 Å². The number of aryl methyl sites for hydroxylation is 1. The van der Waals surface area contributed by atoms with E-state index in [1.807, 2.05) is 43.3 Å². The van der Waals surface area contributed by atoms with Crippen LogP contribution in [0.2, 0.25) is 0 Å². The van der Waals surface area contributed by atoms with E-state index in [0.29, 0.717) is 25.1 Å². The molecule has 156 valence electrons. The van der Waals surface area contributed by atoms with Gasteiger partial charge in [0, 0.05) is 25.1 Å². The Labute approximate surface area is 175 Å². The van der Waals surface area contributed by atoms with Crippen LogP contribution in [0.4, 0.5) is 0 Å². The van der Waals surface area contributed by atoms with Crippen molar-refractivity contribution in [1.82, 2.24) is 15.1 Å². The highest BCUT2D eigenvalue weighted by atomic mass is 16.5. The smallest absolute Gasteiger partial charge is 0.253 e. The number of amides is 3. The fraction of sp³-hybridized carbons (Fsp3) is 0.348. The molecule has 2 saturated heterocycles. The zero-order valence-corrected chi connectivity index (χ0v) is 17.1. The molecule has 0 spiro atoms. The van der Waals surface area contributed by atoms with Crippen LogP contribution in [0.1, 0.15) is 21.5 Å². The highest BCUT2D eigenvalue weighted by molar-refractivity contribution is 5.99. The van der Waals surface area contributed by atoms with E-state index in [9.17, 15) is 14.4 Å². The Kier molecular flexibility index (Phi) is 5.44. The van der Waals surface area contributed by atoms with Crippen LogP contribution in [0.5, 0.6) is 5.75 Å². The Morgan fingerprint density at radius 2 is 1.77 bits per heavy atom. The van der Waals surface area contributed by atoms with E-state index in [-0.39, 0.29) is 24.3 Å². The fourth-order valence-corrected chi connectivity index (χ4v) is 4.00. The molecule has 0 unspecified atom stereocenters. The lowest BCUT2D eigenvalue weighted by atomic mass is 9.98. The van der Waals surface area contributed by atoms with Crippen molar-refractivity contribution in [2.24, 2.45) is 0 Å². The predicted octanol–water partition coefficient (Wildman–Crippen LogP) is 1.40. The highest BCUT2D eigenvalue weighted by Gasteiger charge is 2.44. The number of hydrogen-bond acceptors (Lipinski definition) is 4. The molecule has 2 fully saturated rings. The maximum Gasteiger partial charge on any atom is 0.253 e. The first-order valence-corrected chi connectivity index (χ1v) is 10.1. The number of nitrogens with zero attached hydrogens (tertiary/aromatic N) is 2. The molecule has 0 aliphatic carbocycles. The summed E-state index contributed by atoms with van der Waals surface area (Å²) >= 11 is 0. The maximum atomic E-state index is 13.0. The summed E-state index contributed by atoms with van der Waals surface area (Å²) in [6.45, 7) is 2.94. The van der Waals surface area contributed by atoms with Crippen LogP contribution in [0.3, 0.4) is 0 Å². The van der Waals surface area contributed by atoms with Crippen LogP contribution < -0.4 is 10.1 Å². The van der Waals surface area contributed by atoms with Gasteiger partial charge in [-0.15, -0.1) is 0 Å². The van der Waals surface area contributed by atoms with Gasteiger partial charge in [0.15, 0.2) is 0 Å². The first kappa shape index (κ1) is 19.9. The molecule has 7 nitrogen and oxygen atoms in total. The first-order valence-electron chi connectivity index (χ1n) is 10.1. The summed E-state index contributed by atoms with van der Waals surface area (Å²) in [6.07, 6.45) is 0.420. The van der Waals surface area contributed by atoms with Crippen molar-refractivity contribution in [1.29, 1.82) is 0 Å². The number of piperazine rings is 2. The molecule has 30 heavy (non-hydrogen) atoms. The van der Waals surface area contributed by atoms with Gasteiger partial charge in [-0.05, 0) is 36.8 Å². The van der Waals surface area contributed by atoms with Gasteiger partial charge >= 0.3 is 0 Å². The number of fused-ring (bicyclic) bond motifs is 1. The van der Waals surface area contributed by atoms with E-state index in [2.05, 4.69) is 5.32 Å². The number of rotatable bonds is 4. The average molecular weight is 407 g/mol. The summed E-state index contributed by atoms with van der Waals surface area (Å²) in [6, 6.07) is 13.6. The normalized spacial score (nSPS) is 21.1. The minimum atomic E-state index is -0.646. The van der Waals surface area contributed by atoms with Gasteiger partial charge in [0.2, 0.25) is 11.8 Å². The van der Waals surface area contributed by atoms with Crippen molar-refractivity contribution >= 4 is 17.7 Å². The van der Waals surface area contributed by atoms with E-state index >= 15 is 0 Å². The molecule has 2 aliphatic heterocycles. The summed E-state index contributed by atoms with van der Waals surface area (Å²) < 4.78 is 5.16. The number of benzene rings is 2. The van der Waals surface area contributed by atoms with E-state index in [0.717, 1.165) is 16.9 Å². The lowest BCUT2D eigenvalue weighted by Crippen LogP contribution is -2.70. The quantitative estimate of drug-likeness (QED) is 0.831. The SMILES string of the molecule is COc1ccc(C[C@@H]2NC(=O)[C@H]3CN(C(=O)c4ccc(C)cc4)CCN3C2=O)cc1. The Balaban J connectivity index is 1.43. The van der Waals surface area contributed by atoms with Crippen molar-refractivity contribution in [2.75, 3.05) is 26.7 Å². The van der Waals surface area contributed by atoms with Crippen LogP contribution in [0, 0.1) is 6.92 Å². The monoisotopic (exact) mass is 407 g/mol. The Morgan fingerprint density at radius 1 is 1.07 bits per heavy atom. The molecule has 0 aromatic heterocycles. The molecular formula is C23H25N3O4. The summed E-state index contributed by atoms with van der Waals surface area (Å²) in [5, 5.41) is 2.85. The minimum absolute atomic E-state index is 0.0992. The number of hydrogen-bond donors (Lipinski definition) is 1. The van der Waals surface area contributed by atoms with Gasteiger partial charge in [-0.25, -0.2) is 0 Å². The van der Waals surface area contributed by atoms with Crippen molar-refractivity contribution < 1.29 is 19.1 Å². The molecule has 3 amide bonds. The van der Waals surface area contributed by atoms with Gasteiger partial charge < -0.3 is 19.9 Å². The molecule has 0 saturated carbocycles. The first-order chi connectivity index (χ1) is 14.5. The molecule has 2 atom stereocenters. The Hall–Kier alpha value is -3.35. The molecular weight excluding hydrogens is 382 g/mol. The third-order valence-electron chi connectivity index (χ3n) is 5.77. The third kappa shape index (κ3) is 3.87. The molecule has 4 rings (SSSR count). The van der Waals surface area contributed by atoms with Crippen LogP contribution in [0.25, 0.3) is 0 Å². The number of carbonyl (C=O) groups is 3. The average Bonchev–Trinajstić information content (AvgIpc) is 2.77. The largest absolute Gasteiger partial charge is 0.497 e. The van der Waals surface area contributed by atoms with Gasteiger partial charge in [0.05, 0.1) is 13.7 Å². The number of nitrogens with one attached hydrogen (secondary N) is 1. The summed E-state index contributed by atoms with van der Waals surface area (Å²) in [5.41, 5.74) is 2.62. The summed E-state index contributed by atoms with van der Waals surface area (Å²) in [7, 11) is 1.60. The zero-order chi connectivity index (χ0) is 21.3. The maximum absolute atomic E-state index is 13.0. The standard InChI is InChI=1S/C23H25N3O4/c1-15-3-7-17(8-4-15)22(28)25-11-12-26-20(14-25)21(27)24-19(23(26)29)13-16-5-9-18(30-2)10-6-16/h3-10,19-20H,11-14H2,1-2H3,(H,24,27)/t19-,20+/m0/s1. The van der Waals surface area contributed by atoms with E-state index in [4.69, 9.17) is 4.74 Å². The van der Waals surface area contributed by atoms with Gasteiger partial charge in [0.25, 0.3) is 5.91 Å². The van der Waals surface area contributed by atoms with E-state index in [1.54, 1.807) is 29.0 Å². The van der Waals surface area contributed by atoms with Gasteiger partial charge in [0.1, 0.15) is 17.8 Å².